The van der Waals surface area contributed by atoms with Gasteiger partial charge in [-0.1, -0.05) is 36.4 Å². The highest BCUT2D eigenvalue weighted by Gasteiger charge is 2.42. The van der Waals surface area contributed by atoms with E-state index in [0.29, 0.717) is 30.9 Å². The van der Waals surface area contributed by atoms with Gasteiger partial charge in [0.25, 0.3) is 0 Å². The number of fused-ring (bicyclic) bond motifs is 1. The van der Waals surface area contributed by atoms with E-state index < -0.39 is 0 Å². The molecule has 0 bridgehead atoms. The Bertz CT molecular complexity index is 1540. The lowest BCUT2D eigenvalue weighted by Crippen LogP contribution is -2.37. The summed E-state index contributed by atoms with van der Waals surface area (Å²) in [4.78, 5) is 28.9. The second kappa shape index (κ2) is 10.5. The van der Waals surface area contributed by atoms with Gasteiger partial charge in [-0.25, -0.2) is 0 Å². The Morgan fingerprint density at radius 3 is 2.26 bits per heavy atom. The van der Waals surface area contributed by atoms with Crippen LogP contribution in [0.4, 0.5) is 0 Å². The van der Waals surface area contributed by atoms with E-state index in [0.717, 1.165) is 62.9 Å². The summed E-state index contributed by atoms with van der Waals surface area (Å²) in [5.41, 5.74) is 6.97. The predicted molar refractivity (Wildman–Crippen MR) is 161 cm³/mol. The van der Waals surface area contributed by atoms with Gasteiger partial charge in [0.1, 0.15) is 6.61 Å². The van der Waals surface area contributed by atoms with Crippen LogP contribution in [0.5, 0.6) is 11.5 Å². The Morgan fingerprint density at radius 1 is 0.923 bits per heavy atom. The molecule has 1 aliphatic heterocycles. The molecular weight excluding hydrogens is 601 g/mol. The summed E-state index contributed by atoms with van der Waals surface area (Å²) in [7, 11) is 3.67. The normalized spacial score (nSPS) is 18.0. The molecule has 1 heterocycles. The van der Waals surface area contributed by atoms with Gasteiger partial charge >= 0.3 is 0 Å². The maximum atomic E-state index is 13.4. The second-order valence-electron chi connectivity index (χ2n) is 10.7. The summed E-state index contributed by atoms with van der Waals surface area (Å²) >= 11 is 2.29. The molecule has 3 aromatic rings. The molecule has 0 saturated heterocycles. The van der Waals surface area contributed by atoms with Crippen molar-refractivity contribution in [1.82, 2.24) is 4.90 Å². The summed E-state index contributed by atoms with van der Waals surface area (Å²) in [6.45, 7) is 2.52. The van der Waals surface area contributed by atoms with Gasteiger partial charge in [-0.15, -0.1) is 0 Å². The molecule has 5 nitrogen and oxygen atoms in total. The molecule has 0 amide bonds. The highest BCUT2D eigenvalue weighted by molar-refractivity contribution is 14.1. The Morgan fingerprint density at radius 2 is 1.59 bits per heavy atom. The monoisotopic (exact) mass is 633 g/mol. The number of carbonyl (C=O) groups excluding carboxylic acids is 2. The number of nitrogens with zero attached hydrogens (tertiary/aromatic N) is 1. The highest BCUT2D eigenvalue weighted by Crippen LogP contribution is 2.50. The van der Waals surface area contributed by atoms with E-state index in [2.05, 4.69) is 70.8 Å². The van der Waals surface area contributed by atoms with Gasteiger partial charge in [0.2, 0.25) is 0 Å². The Balaban J connectivity index is 1.42. The van der Waals surface area contributed by atoms with Crippen LogP contribution in [0.25, 0.3) is 10.8 Å². The van der Waals surface area contributed by atoms with E-state index in [4.69, 9.17) is 9.47 Å². The second-order valence-corrected chi connectivity index (χ2v) is 11.8. The van der Waals surface area contributed by atoms with E-state index in [-0.39, 0.29) is 17.5 Å². The third-order valence-electron chi connectivity index (χ3n) is 8.47. The maximum absolute atomic E-state index is 13.4. The first kappa shape index (κ1) is 26.1. The quantitative estimate of drug-likeness (QED) is 0.275. The van der Waals surface area contributed by atoms with Crippen molar-refractivity contribution in [3.8, 4) is 11.5 Å². The Hall–Kier alpha value is -3.13. The van der Waals surface area contributed by atoms with Crippen LogP contribution in [0.15, 0.2) is 71.1 Å². The number of rotatable bonds is 5. The number of carbonyl (C=O) groups is 2. The molecule has 0 unspecified atom stereocenters. The molecule has 6 rings (SSSR count). The minimum atomic E-state index is -0.358. The number of Topliss-reactive ketones (excluding diaryl/α,β-unsaturated/α-hetero) is 2. The molecule has 200 valence electrons. The van der Waals surface area contributed by atoms with Crippen LogP contribution in [0, 0.1) is 10.5 Å². The number of methoxy groups -OCH3 is 1. The zero-order valence-electron chi connectivity index (χ0n) is 22.6. The fourth-order valence-electron chi connectivity index (χ4n) is 6.51. The number of halogens is 1. The van der Waals surface area contributed by atoms with Crippen molar-refractivity contribution < 1.29 is 19.1 Å². The molecule has 0 aromatic heterocycles. The molecular formula is C33H32INO4. The van der Waals surface area contributed by atoms with E-state index in [1.165, 1.54) is 16.3 Å². The first-order valence-corrected chi connectivity index (χ1v) is 14.7. The zero-order valence-corrected chi connectivity index (χ0v) is 24.8. The standard InChI is InChI=1S/C33H32INO4/c1-19-14-15-20-8-4-5-9-22(20)23(19)18-39-33-24(34)16-21(17-29(33)38-3)30-31-25(10-6-12-27(31)36)35(2)26-11-7-13-28(37)32(26)30/h4-5,8-9,14-17,30H,6-7,10-13,18H2,1-3H3. The molecule has 0 N–H and O–H groups in total. The number of hydrogen-bond acceptors (Lipinski definition) is 5. The summed E-state index contributed by atoms with van der Waals surface area (Å²) in [6, 6.07) is 16.7. The number of ketones is 2. The number of ether oxygens (including phenoxy) is 2. The van der Waals surface area contributed by atoms with Crippen molar-refractivity contribution in [2.75, 3.05) is 14.2 Å². The number of benzene rings is 3. The largest absolute Gasteiger partial charge is 0.493 e. The summed E-state index contributed by atoms with van der Waals surface area (Å²) in [5.74, 6) is 1.24. The van der Waals surface area contributed by atoms with Crippen LogP contribution in [0.2, 0.25) is 0 Å². The van der Waals surface area contributed by atoms with Gasteiger partial charge in [0, 0.05) is 53.9 Å². The molecule has 0 spiro atoms. The first-order chi connectivity index (χ1) is 18.9. The topological polar surface area (TPSA) is 55.8 Å². The van der Waals surface area contributed by atoms with Crippen molar-refractivity contribution in [2.24, 2.45) is 0 Å². The zero-order chi connectivity index (χ0) is 27.3. The summed E-state index contributed by atoms with van der Waals surface area (Å²) in [5, 5.41) is 2.36. The molecule has 3 aromatic carbocycles. The number of hydrogen-bond donors (Lipinski definition) is 0. The van der Waals surface area contributed by atoms with E-state index in [1.54, 1.807) is 7.11 Å². The van der Waals surface area contributed by atoms with Gasteiger partial charge in [0.05, 0.1) is 10.7 Å². The molecule has 0 fully saturated rings. The van der Waals surface area contributed by atoms with E-state index in [9.17, 15) is 9.59 Å². The van der Waals surface area contributed by atoms with Crippen molar-refractivity contribution >= 4 is 44.9 Å². The molecule has 3 aliphatic rings. The maximum Gasteiger partial charge on any atom is 0.174 e. The SMILES string of the molecule is COc1cc(C2C3=C(CCCC3=O)N(C)C3=C2C(=O)CCC3)cc(I)c1OCc1c(C)ccc2ccccc12. The van der Waals surface area contributed by atoms with Crippen molar-refractivity contribution in [3.63, 3.8) is 0 Å². The average Bonchev–Trinajstić information content (AvgIpc) is 2.94. The number of allylic oxidation sites excluding steroid dienone is 4. The van der Waals surface area contributed by atoms with Crippen LogP contribution < -0.4 is 9.47 Å². The lowest BCUT2D eigenvalue weighted by Gasteiger charge is -2.42. The molecule has 39 heavy (non-hydrogen) atoms. The third kappa shape index (κ3) is 4.46. The Kier molecular flexibility index (Phi) is 7.00. The van der Waals surface area contributed by atoms with E-state index in [1.807, 2.05) is 19.2 Å². The molecule has 0 atom stereocenters. The third-order valence-corrected chi connectivity index (χ3v) is 9.27. The van der Waals surface area contributed by atoms with Gasteiger partial charge in [0.15, 0.2) is 23.1 Å². The molecule has 2 aliphatic carbocycles. The number of aryl methyl sites for hydroxylation is 1. The van der Waals surface area contributed by atoms with Gasteiger partial charge in [-0.2, -0.15) is 0 Å². The van der Waals surface area contributed by atoms with Gasteiger partial charge in [-0.05, 0) is 89.2 Å². The minimum absolute atomic E-state index is 0.152. The fourth-order valence-corrected chi connectivity index (χ4v) is 7.29. The van der Waals surface area contributed by atoms with Crippen LogP contribution in [0.3, 0.4) is 0 Å². The minimum Gasteiger partial charge on any atom is -0.493 e. The molecule has 0 saturated carbocycles. The average molecular weight is 634 g/mol. The smallest absolute Gasteiger partial charge is 0.174 e. The van der Waals surface area contributed by atoms with Crippen LogP contribution in [-0.2, 0) is 16.2 Å². The van der Waals surface area contributed by atoms with Gasteiger partial charge in [-0.3, -0.25) is 9.59 Å². The van der Waals surface area contributed by atoms with Crippen molar-refractivity contribution in [3.05, 3.63) is 91.3 Å². The van der Waals surface area contributed by atoms with Crippen LogP contribution in [0.1, 0.15) is 61.1 Å². The molecule has 6 heteroatoms. The van der Waals surface area contributed by atoms with Crippen molar-refractivity contribution in [1.29, 1.82) is 0 Å². The highest BCUT2D eigenvalue weighted by atomic mass is 127. The van der Waals surface area contributed by atoms with Crippen LogP contribution in [-0.4, -0.2) is 30.6 Å². The van der Waals surface area contributed by atoms with Crippen LogP contribution >= 0.6 is 22.6 Å². The lowest BCUT2D eigenvalue weighted by atomic mass is 9.71. The lowest BCUT2D eigenvalue weighted by molar-refractivity contribution is -0.117. The van der Waals surface area contributed by atoms with Crippen molar-refractivity contribution in [2.45, 2.75) is 58.0 Å². The first-order valence-electron chi connectivity index (χ1n) is 13.6. The Labute approximate surface area is 243 Å². The predicted octanol–water partition coefficient (Wildman–Crippen LogP) is 7.38. The van der Waals surface area contributed by atoms with E-state index >= 15 is 0 Å². The molecule has 0 radical (unpaired) electrons. The fraction of sp³-hybridized carbons (Fsp3) is 0.333. The summed E-state index contributed by atoms with van der Waals surface area (Å²) < 4.78 is 13.2. The summed E-state index contributed by atoms with van der Waals surface area (Å²) in [6.07, 6.45) is 4.48. The van der Waals surface area contributed by atoms with Gasteiger partial charge < -0.3 is 14.4 Å².